The summed E-state index contributed by atoms with van der Waals surface area (Å²) in [6, 6.07) is 21.0. The molecule has 35 heavy (non-hydrogen) atoms. The lowest BCUT2D eigenvalue weighted by Crippen LogP contribution is -2.40. The molecule has 8 nitrogen and oxygen atoms in total. The minimum absolute atomic E-state index is 0.0134. The molecule has 1 aliphatic rings. The van der Waals surface area contributed by atoms with E-state index >= 15 is 0 Å². The highest BCUT2D eigenvalue weighted by Crippen LogP contribution is 2.33. The first-order valence-electron chi connectivity index (χ1n) is 11.1. The minimum atomic E-state index is -1.83. The Kier molecular flexibility index (Phi) is 9.14. The highest BCUT2D eigenvalue weighted by Gasteiger charge is 2.31. The Hall–Kier alpha value is -3.98. The smallest absolute Gasteiger partial charge is 0.479 e. The molecule has 1 heterocycles. The van der Waals surface area contributed by atoms with Crippen molar-refractivity contribution in [3.05, 3.63) is 83.7 Å². The Morgan fingerprint density at radius 2 is 1.69 bits per heavy atom. The summed E-state index contributed by atoms with van der Waals surface area (Å²) in [5.41, 5.74) is 2.93. The molecule has 0 aromatic heterocycles. The fourth-order valence-electron chi connectivity index (χ4n) is 4.28. The van der Waals surface area contributed by atoms with Crippen molar-refractivity contribution in [1.82, 2.24) is 5.32 Å². The molecule has 4 N–H and O–H groups in total. The lowest BCUT2D eigenvalue weighted by molar-refractivity contribution is -0.142. The van der Waals surface area contributed by atoms with E-state index in [9.17, 15) is 9.18 Å². The summed E-state index contributed by atoms with van der Waals surface area (Å²) in [6.45, 7) is 1.07. The summed E-state index contributed by atoms with van der Waals surface area (Å²) < 4.78 is 13.5. The van der Waals surface area contributed by atoms with Gasteiger partial charge in [0.25, 0.3) is 0 Å². The summed E-state index contributed by atoms with van der Waals surface area (Å²) in [5, 5.41) is 32.9. The number of fused-ring (bicyclic) bond motifs is 1. The molecule has 3 aromatic carbocycles. The van der Waals surface area contributed by atoms with E-state index in [2.05, 4.69) is 40.8 Å². The van der Waals surface area contributed by atoms with Gasteiger partial charge in [-0.25, -0.2) is 14.0 Å². The first-order chi connectivity index (χ1) is 16.8. The Bertz CT molecular complexity index is 1180. The van der Waals surface area contributed by atoms with Gasteiger partial charge in [-0.15, -0.1) is 0 Å². The number of carboxylic acids is 1. The van der Waals surface area contributed by atoms with Crippen LogP contribution in [-0.2, 0) is 16.1 Å². The molecule has 184 valence electrons. The first-order valence-corrected chi connectivity index (χ1v) is 11.1. The van der Waals surface area contributed by atoms with Gasteiger partial charge in [0.05, 0.1) is 5.71 Å². The third-order valence-corrected chi connectivity index (χ3v) is 5.78. The van der Waals surface area contributed by atoms with Crippen LogP contribution in [0.15, 0.2) is 71.9 Å². The lowest BCUT2D eigenvalue weighted by atomic mass is 9.77. The van der Waals surface area contributed by atoms with Gasteiger partial charge >= 0.3 is 12.1 Å². The Balaban J connectivity index is 0.000000795. The monoisotopic (exact) mass is 482 g/mol. The molecule has 1 saturated heterocycles. The molecule has 0 saturated carbocycles. The van der Waals surface area contributed by atoms with Crippen molar-refractivity contribution in [2.24, 2.45) is 11.1 Å². The van der Waals surface area contributed by atoms with Crippen molar-refractivity contribution in [1.29, 1.82) is 0 Å². The maximum absolute atomic E-state index is 13.5. The van der Waals surface area contributed by atoms with Gasteiger partial charge in [0.2, 0.25) is 6.61 Å². The summed E-state index contributed by atoms with van der Waals surface area (Å²) in [6.07, 6.45) is -0.402. The van der Waals surface area contributed by atoms with Gasteiger partial charge in [0.1, 0.15) is 5.82 Å². The average Bonchev–Trinajstić information content (AvgIpc) is 2.83. The van der Waals surface area contributed by atoms with Crippen LogP contribution in [-0.4, -0.2) is 52.9 Å². The number of halogens is 1. The number of benzene rings is 3. The van der Waals surface area contributed by atoms with Crippen LogP contribution in [0.3, 0.4) is 0 Å². The van der Waals surface area contributed by atoms with Gasteiger partial charge < -0.3 is 25.5 Å². The van der Waals surface area contributed by atoms with Gasteiger partial charge in [-0.1, -0.05) is 59.8 Å². The summed E-state index contributed by atoms with van der Waals surface area (Å²) in [5.74, 6) is -1.16. The van der Waals surface area contributed by atoms with Crippen molar-refractivity contribution in [3.8, 4) is 0 Å². The summed E-state index contributed by atoms with van der Waals surface area (Å²) >= 11 is 0. The standard InChI is InChI=1S/C25H25FN2O3.CH2O3/c26-21-9-7-19(8-10-21)22-11-12-27-15-23(22)24(28-31-16-25(29)30)14-17-5-6-18-3-1-2-4-20(18)13-17;2-1(3)4/h1-10,13,22-23,27H,11-12,14-16H2,(H,29,30);(H2,2,3,4)/b28-24-;. The molecule has 0 amide bonds. The van der Waals surface area contributed by atoms with E-state index in [0.29, 0.717) is 13.0 Å². The van der Waals surface area contributed by atoms with E-state index in [1.165, 1.54) is 12.1 Å². The Labute approximate surface area is 201 Å². The number of piperidine rings is 1. The fraction of sp³-hybridized carbons (Fsp3) is 0.269. The number of aliphatic carboxylic acids is 1. The summed E-state index contributed by atoms with van der Waals surface area (Å²) in [7, 11) is 0. The fourth-order valence-corrected chi connectivity index (χ4v) is 4.28. The number of carbonyl (C=O) groups is 2. The highest BCUT2D eigenvalue weighted by molar-refractivity contribution is 5.91. The molecule has 0 aliphatic carbocycles. The van der Waals surface area contributed by atoms with E-state index in [1.54, 1.807) is 0 Å². The highest BCUT2D eigenvalue weighted by atomic mass is 19.1. The molecular weight excluding hydrogens is 455 g/mol. The van der Waals surface area contributed by atoms with Crippen LogP contribution >= 0.6 is 0 Å². The number of nitrogens with one attached hydrogen (secondary N) is 1. The molecule has 1 fully saturated rings. The quantitative estimate of drug-likeness (QED) is 0.286. The van der Waals surface area contributed by atoms with Gasteiger partial charge in [0, 0.05) is 18.9 Å². The minimum Gasteiger partial charge on any atom is -0.479 e. The van der Waals surface area contributed by atoms with Gasteiger partial charge in [0.15, 0.2) is 0 Å². The second-order valence-electron chi connectivity index (χ2n) is 8.15. The molecule has 0 spiro atoms. The van der Waals surface area contributed by atoms with E-state index < -0.39 is 18.7 Å². The number of hydrogen-bond donors (Lipinski definition) is 4. The molecule has 9 heteroatoms. The lowest BCUT2D eigenvalue weighted by Gasteiger charge is -2.33. The maximum atomic E-state index is 13.5. The Morgan fingerprint density at radius 3 is 2.37 bits per heavy atom. The normalized spacial score (nSPS) is 17.8. The largest absolute Gasteiger partial charge is 0.503 e. The number of hydrogen-bond acceptors (Lipinski definition) is 5. The number of carboxylic acid groups (broad SMARTS) is 3. The average molecular weight is 483 g/mol. The van der Waals surface area contributed by atoms with Crippen LogP contribution < -0.4 is 5.32 Å². The van der Waals surface area contributed by atoms with Crippen LogP contribution in [0.1, 0.15) is 23.5 Å². The van der Waals surface area contributed by atoms with Crippen LogP contribution in [0.5, 0.6) is 0 Å². The van der Waals surface area contributed by atoms with Crippen molar-refractivity contribution in [2.45, 2.75) is 18.8 Å². The van der Waals surface area contributed by atoms with E-state index in [1.807, 2.05) is 24.3 Å². The molecule has 3 aromatic rings. The third-order valence-electron chi connectivity index (χ3n) is 5.78. The topological polar surface area (TPSA) is 128 Å². The number of rotatable bonds is 7. The van der Waals surface area contributed by atoms with Crippen molar-refractivity contribution in [2.75, 3.05) is 19.7 Å². The number of nitrogens with zero attached hydrogens (tertiary/aromatic N) is 1. The van der Waals surface area contributed by atoms with Gasteiger partial charge in [-0.3, -0.25) is 0 Å². The zero-order valence-electron chi connectivity index (χ0n) is 18.9. The van der Waals surface area contributed by atoms with Crippen LogP contribution in [0.2, 0.25) is 0 Å². The SMILES string of the molecule is O=C(O)CO/N=C(/Cc1ccc2ccccc2c1)C1CNCCC1c1ccc(F)cc1.O=C(O)O. The molecule has 0 radical (unpaired) electrons. The van der Waals surface area contributed by atoms with Crippen molar-refractivity contribution in [3.63, 3.8) is 0 Å². The van der Waals surface area contributed by atoms with Crippen LogP contribution in [0.25, 0.3) is 10.8 Å². The molecular formula is C26H27FN2O6. The van der Waals surface area contributed by atoms with Crippen LogP contribution in [0, 0.1) is 11.7 Å². The molecule has 4 rings (SSSR count). The molecule has 2 atom stereocenters. The molecule has 0 bridgehead atoms. The summed E-state index contributed by atoms with van der Waals surface area (Å²) in [4.78, 5) is 24.7. The van der Waals surface area contributed by atoms with Gasteiger partial charge in [-0.05, 0) is 52.9 Å². The van der Waals surface area contributed by atoms with Gasteiger partial charge in [-0.2, -0.15) is 0 Å². The van der Waals surface area contributed by atoms with E-state index in [4.69, 9.17) is 25.0 Å². The Morgan fingerprint density at radius 1 is 1.00 bits per heavy atom. The zero-order chi connectivity index (χ0) is 25.2. The molecule has 2 unspecified atom stereocenters. The van der Waals surface area contributed by atoms with Crippen molar-refractivity contribution < 1.29 is 34.1 Å². The van der Waals surface area contributed by atoms with Crippen molar-refractivity contribution >= 4 is 28.6 Å². The van der Waals surface area contributed by atoms with E-state index in [0.717, 1.165) is 40.6 Å². The maximum Gasteiger partial charge on any atom is 0.503 e. The van der Waals surface area contributed by atoms with Crippen LogP contribution in [0.4, 0.5) is 9.18 Å². The predicted octanol–water partition coefficient (Wildman–Crippen LogP) is 4.59. The second-order valence-corrected chi connectivity index (χ2v) is 8.15. The molecule has 1 aliphatic heterocycles. The first kappa shape index (κ1) is 25.6. The number of oxime groups is 1. The zero-order valence-corrected chi connectivity index (χ0v) is 18.9. The third kappa shape index (κ3) is 7.79. The predicted molar refractivity (Wildman–Crippen MR) is 129 cm³/mol. The second kappa shape index (κ2) is 12.5. The van der Waals surface area contributed by atoms with E-state index in [-0.39, 0.29) is 17.7 Å².